The van der Waals surface area contributed by atoms with Crippen LogP contribution in [0.1, 0.15) is 45.1 Å². The lowest BCUT2D eigenvalue weighted by molar-refractivity contribution is 0.328. The zero-order valence-electron chi connectivity index (χ0n) is 11.0. The van der Waals surface area contributed by atoms with E-state index in [1.54, 1.807) is 0 Å². The lowest BCUT2D eigenvalue weighted by Gasteiger charge is -2.31. The van der Waals surface area contributed by atoms with E-state index in [9.17, 15) is 0 Å². The molecule has 0 spiro atoms. The molecule has 0 heterocycles. The molecule has 0 aliphatic carbocycles. The number of benzene rings is 1. The van der Waals surface area contributed by atoms with Crippen LogP contribution in [-0.4, -0.2) is 13.1 Å². The van der Waals surface area contributed by atoms with Crippen molar-refractivity contribution in [2.24, 2.45) is 5.92 Å². The Morgan fingerprint density at radius 2 is 1.69 bits per heavy atom. The largest absolute Gasteiger partial charge is 0.316 e. The molecule has 0 saturated carbocycles. The van der Waals surface area contributed by atoms with Gasteiger partial charge >= 0.3 is 0 Å². The molecule has 0 fully saturated rings. The van der Waals surface area contributed by atoms with Crippen LogP contribution < -0.4 is 5.32 Å². The molecule has 0 amide bonds. The monoisotopic (exact) mass is 219 g/mol. The Hall–Kier alpha value is -0.820. The van der Waals surface area contributed by atoms with Gasteiger partial charge in [0.05, 0.1) is 0 Å². The van der Waals surface area contributed by atoms with Crippen molar-refractivity contribution in [2.45, 2.75) is 45.6 Å². The first kappa shape index (κ1) is 13.2. The second kappa shape index (κ2) is 6.70. The minimum atomic E-state index is 0.581. The summed E-state index contributed by atoms with van der Waals surface area (Å²) in [5.41, 5.74) is 1.46. The Morgan fingerprint density at radius 3 is 2.12 bits per heavy atom. The Kier molecular flexibility index (Phi) is 5.54. The second-order valence-electron chi connectivity index (χ2n) is 4.63. The van der Waals surface area contributed by atoms with Gasteiger partial charge in [0, 0.05) is 6.04 Å². The van der Waals surface area contributed by atoms with E-state index in [-0.39, 0.29) is 0 Å². The topological polar surface area (TPSA) is 12.0 Å². The van der Waals surface area contributed by atoms with Gasteiger partial charge in [-0.3, -0.25) is 0 Å². The third kappa shape index (κ3) is 3.08. The predicted octanol–water partition coefficient (Wildman–Crippen LogP) is 3.81. The van der Waals surface area contributed by atoms with Crippen LogP contribution in [0.4, 0.5) is 0 Å². The van der Waals surface area contributed by atoms with Crippen LogP contribution in [0.25, 0.3) is 0 Å². The number of likely N-dealkylation sites (N-methyl/N-ethyl adjacent to an activating group) is 1. The maximum absolute atomic E-state index is 3.50. The van der Waals surface area contributed by atoms with Crippen molar-refractivity contribution < 1.29 is 0 Å². The molecule has 0 bridgehead atoms. The Labute approximate surface area is 100 Å². The summed E-state index contributed by atoms with van der Waals surface area (Å²) in [7, 11) is 2.09. The molecule has 1 N–H and O–H groups in total. The van der Waals surface area contributed by atoms with Gasteiger partial charge in [-0.25, -0.2) is 0 Å². The summed E-state index contributed by atoms with van der Waals surface area (Å²) in [5.74, 6) is 1.34. The third-order valence-corrected chi connectivity index (χ3v) is 3.69. The highest BCUT2D eigenvalue weighted by molar-refractivity contribution is 5.21. The molecule has 1 aromatic rings. The zero-order valence-corrected chi connectivity index (χ0v) is 11.0. The summed E-state index contributed by atoms with van der Waals surface area (Å²) in [6.07, 6.45) is 2.43. The summed E-state index contributed by atoms with van der Waals surface area (Å²) in [6.45, 7) is 6.89. The highest BCUT2D eigenvalue weighted by Crippen LogP contribution is 2.28. The Balaban J connectivity index is 2.87. The van der Waals surface area contributed by atoms with E-state index in [1.165, 1.54) is 18.4 Å². The van der Waals surface area contributed by atoms with Gasteiger partial charge in [-0.1, -0.05) is 57.5 Å². The second-order valence-corrected chi connectivity index (χ2v) is 4.63. The van der Waals surface area contributed by atoms with E-state index in [0.29, 0.717) is 12.0 Å². The van der Waals surface area contributed by atoms with Gasteiger partial charge in [-0.05, 0) is 30.9 Å². The first-order valence-electron chi connectivity index (χ1n) is 6.46. The fourth-order valence-corrected chi connectivity index (χ4v) is 2.53. The van der Waals surface area contributed by atoms with Crippen molar-refractivity contribution in [3.8, 4) is 0 Å². The van der Waals surface area contributed by atoms with Gasteiger partial charge in [0.25, 0.3) is 0 Å². The molecule has 90 valence electrons. The molecule has 0 aliphatic rings. The van der Waals surface area contributed by atoms with Crippen molar-refractivity contribution in [1.82, 2.24) is 5.32 Å². The van der Waals surface area contributed by atoms with Crippen molar-refractivity contribution >= 4 is 0 Å². The van der Waals surface area contributed by atoms with Crippen molar-refractivity contribution in [2.75, 3.05) is 7.05 Å². The number of hydrogen-bond acceptors (Lipinski definition) is 1. The summed E-state index contributed by atoms with van der Waals surface area (Å²) in [5, 5.41) is 3.50. The molecule has 16 heavy (non-hydrogen) atoms. The minimum Gasteiger partial charge on any atom is -0.316 e. The molecule has 0 aromatic heterocycles. The van der Waals surface area contributed by atoms with E-state index in [4.69, 9.17) is 0 Å². The molecular weight excluding hydrogens is 194 g/mol. The van der Waals surface area contributed by atoms with E-state index in [0.717, 1.165) is 5.92 Å². The Morgan fingerprint density at radius 1 is 1.06 bits per heavy atom. The molecule has 1 aromatic carbocycles. The standard InChI is InChI=1S/C15H25N/c1-5-12(3)15(16-4)14(6-2)13-10-8-7-9-11-13/h7-12,14-16H,5-6H2,1-4H3. The summed E-state index contributed by atoms with van der Waals surface area (Å²) < 4.78 is 0. The molecule has 1 rings (SSSR count). The van der Waals surface area contributed by atoms with Crippen LogP contribution in [0.5, 0.6) is 0 Å². The van der Waals surface area contributed by atoms with Gasteiger partial charge in [0.1, 0.15) is 0 Å². The van der Waals surface area contributed by atoms with Crippen LogP contribution in [0, 0.1) is 5.92 Å². The van der Waals surface area contributed by atoms with Crippen LogP contribution >= 0.6 is 0 Å². The van der Waals surface area contributed by atoms with Crippen LogP contribution in [0.15, 0.2) is 30.3 Å². The number of hydrogen-bond donors (Lipinski definition) is 1. The summed E-state index contributed by atoms with van der Waals surface area (Å²) >= 11 is 0. The highest BCUT2D eigenvalue weighted by Gasteiger charge is 2.24. The Bertz CT molecular complexity index is 281. The zero-order chi connectivity index (χ0) is 12.0. The van der Waals surface area contributed by atoms with E-state index in [2.05, 4.69) is 63.5 Å². The minimum absolute atomic E-state index is 0.581. The highest BCUT2D eigenvalue weighted by atomic mass is 14.9. The van der Waals surface area contributed by atoms with Gasteiger partial charge in [0.15, 0.2) is 0 Å². The van der Waals surface area contributed by atoms with E-state index in [1.807, 2.05) is 0 Å². The molecule has 1 nitrogen and oxygen atoms in total. The third-order valence-electron chi connectivity index (χ3n) is 3.69. The van der Waals surface area contributed by atoms with Gasteiger partial charge in [-0.2, -0.15) is 0 Å². The molecular formula is C15H25N. The molecule has 0 aliphatic heterocycles. The van der Waals surface area contributed by atoms with Crippen LogP contribution in [-0.2, 0) is 0 Å². The van der Waals surface area contributed by atoms with Gasteiger partial charge in [0.2, 0.25) is 0 Å². The van der Waals surface area contributed by atoms with Crippen molar-refractivity contribution in [3.05, 3.63) is 35.9 Å². The first-order chi connectivity index (χ1) is 7.74. The first-order valence-corrected chi connectivity index (χ1v) is 6.46. The average molecular weight is 219 g/mol. The normalized spacial score (nSPS) is 16.8. The van der Waals surface area contributed by atoms with Crippen LogP contribution in [0.3, 0.4) is 0 Å². The quantitative estimate of drug-likeness (QED) is 0.767. The molecule has 1 heteroatoms. The van der Waals surface area contributed by atoms with Crippen molar-refractivity contribution in [1.29, 1.82) is 0 Å². The lowest BCUT2D eigenvalue weighted by Crippen LogP contribution is -2.37. The molecule has 3 atom stereocenters. The van der Waals surface area contributed by atoms with Gasteiger partial charge < -0.3 is 5.32 Å². The average Bonchev–Trinajstić information content (AvgIpc) is 2.36. The van der Waals surface area contributed by atoms with Crippen LogP contribution in [0.2, 0.25) is 0 Å². The van der Waals surface area contributed by atoms with E-state index >= 15 is 0 Å². The molecule has 0 radical (unpaired) electrons. The van der Waals surface area contributed by atoms with Gasteiger partial charge in [-0.15, -0.1) is 0 Å². The lowest BCUT2D eigenvalue weighted by atomic mass is 9.82. The SMILES string of the molecule is CCC(C)C(NC)C(CC)c1ccccc1. The maximum atomic E-state index is 3.50. The number of nitrogens with one attached hydrogen (secondary N) is 1. The summed E-state index contributed by atoms with van der Waals surface area (Å²) in [4.78, 5) is 0. The fraction of sp³-hybridized carbons (Fsp3) is 0.600. The molecule has 0 saturated heterocycles. The van der Waals surface area contributed by atoms with Crippen molar-refractivity contribution in [3.63, 3.8) is 0 Å². The summed E-state index contributed by atoms with van der Waals surface area (Å²) in [6, 6.07) is 11.5. The van der Waals surface area contributed by atoms with E-state index < -0.39 is 0 Å². The number of rotatable bonds is 6. The maximum Gasteiger partial charge on any atom is 0.0158 e. The fourth-order valence-electron chi connectivity index (χ4n) is 2.53. The smallest absolute Gasteiger partial charge is 0.0158 e. The predicted molar refractivity (Wildman–Crippen MR) is 71.8 cm³/mol. The molecule has 3 unspecified atom stereocenters.